The fourth-order valence-electron chi connectivity index (χ4n) is 4.83. The SMILES string of the molecule is COc1ccccc1N1C[C@H](NC(=O)C2(c3cc(C)cc(C)c3)CCOCC2)CC1=O. The number of nitrogens with one attached hydrogen (secondary N) is 1. The van der Waals surface area contributed by atoms with Crippen LogP contribution < -0.4 is 15.0 Å². The maximum atomic E-state index is 13.7. The number of hydrogen-bond acceptors (Lipinski definition) is 4. The number of aryl methyl sites for hydroxylation is 2. The zero-order valence-electron chi connectivity index (χ0n) is 18.4. The van der Waals surface area contributed by atoms with Crippen molar-refractivity contribution in [1.82, 2.24) is 5.32 Å². The molecule has 6 nitrogen and oxygen atoms in total. The van der Waals surface area contributed by atoms with Crippen LogP contribution in [0.15, 0.2) is 42.5 Å². The summed E-state index contributed by atoms with van der Waals surface area (Å²) in [5, 5.41) is 3.20. The van der Waals surface area contributed by atoms with Crippen molar-refractivity contribution in [3.8, 4) is 5.75 Å². The van der Waals surface area contributed by atoms with E-state index in [1.54, 1.807) is 12.0 Å². The molecule has 31 heavy (non-hydrogen) atoms. The normalized spacial score (nSPS) is 20.5. The Morgan fingerprint density at radius 2 is 1.81 bits per heavy atom. The number of para-hydroxylation sites is 2. The van der Waals surface area contributed by atoms with E-state index in [0.717, 1.165) is 22.4 Å². The van der Waals surface area contributed by atoms with Crippen LogP contribution in [0.4, 0.5) is 5.69 Å². The Labute approximate surface area is 183 Å². The summed E-state index contributed by atoms with van der Waals surface area (Å²) in [5.41, 5.74) is 3.44. The molecule has 0 saturated carbocycles. The molecule has 2 saturated heterocycles. The summed E-state index contributed by atoms with van der Waals surface area (Å²) in [5.74, 6) is 0.627. The Hall–Kier alpha value is -2.86. The molecule has 0 bridgehead atoms. The first-order chi connectivity index (χ1) is 14.9. The van der Waals surface area contributed by atoms with E-state index in [2.05, 4.69) is 37.4 Å². The van der Waals surface area contributed by atoms with Crippen LogP contribution in [-0.2, 0) is 19.7 Å². The molecule has 2 heterocycles. The van der Waals surface area contributed by atoms with Crippen LogP contribution in [0, 0.1) is 13.8 Å². The Bertz CT molecular complexity index is 961. The van der Waals surface area contributed by atoms with Crippen LogP contribution in [-0.4, -0.2) is 44.7 Å². The highest BCUT2D eigenvalue weighted by Crippen LogP contribution is 2.37. The fraction of sp³-hybridized carbons (Fsp3) is 0.440. The number of benzene rings is 2. The number of ether oxygens (including phenoxy) is 2. The van der Waals surface area contributed by atoms with E-state index < -0.39 is 5.41 Å². The third kappa shape index (κ3) is 4.17. The molecule has 2 aromatic rings. The van der Waals surface area contributed by atoms with Crippen LogP contribution in [0.25, 0.3) is 0 Å². The molecule has 2 fully saturated rings. The van der Waals surface area contributed by atoms with Gasteiger partial charge in [0.25, 0.3) is 0 Å². The van der Waals surface area contributed by atoms with Gasteiger partial charge in [-0.2, -0.15) is 0 Å². The molecule has 6 heteroatoms. The fourth-order valence-corrected chi connectivity index (χ4v) is 4.83. The van der Waals surface area contributed by atoms with Crippen LogP contribution >= 0.6 is 0 Å². The topological polar surface area (TPSA) is 67.9 Å². The molecule has 0 aromatic heterocycles. The zero-order chi connectivity index (χ0) is 22.0. The first-order valence-corrected chi connectivity index (χ1v) is 10.8. The van der Waals surface area contributed by atoms with Gasteiger partial charge in [0.1, 0.15) is 5.75 Å². The highest BCUT2D eigenvalue weighted by Gasteiger charge is 2.44. The third-order valence-corrected chi connectivity index (χ3v) is 6.39. The smallest absolute Gasteiger partial charge is 0.231 e. The van der Waals surface area contributed by atoms with Gasteiger partial charge in [-0.3, -0.25) is 9.59 Å². The van der Waals surface area contributed by atoms with Crippen LogP contribution in [0.3, 0.4) is 0 Å². The molecule has 2 amide bonds. The van der Waals surface area contributed by atoms with Crippen molar-refractivity contribution >= 4 is 17.5 Å². The summed E-state index contributed by atoms with van der Waals surface area (Å²) in [6.07, 6.45) is 1.56. The van der Waals surface area contributed by atoms with Gasteiger partial charge in [-0.05, 0) is 44.4 Å². The summed E-state index contributed by atoms with van der Waals surface area (Å²) in [6.45, 7) is 5.66. The molecule has 164 valence electrons. The minimum absolute atomic E-state index is 0.0118. The van der Waals surface area contributed by atoms with Gasteiger partial charge in [0.05, 0.1) is 24.3 Å². The molecule has 4 rings (SSSR count). The Kier molecular flexibility index (Phi) is 6.01. The molecule has 2 aliphatic heterocycles. The monoisotopic (exact) mass is 422 g/mol. The average Bonchev–Trinajstić information content (AvgIpc) is 3.13. The summed E-state index contributed by atoms with van der Waals surface area (Å²) >= 11 is 0. The van der Waals surface area contributed by atoms with Gasteiger partial charge in [0, 0.05) is 26.2 Å². The lowest BCUT2D eigenvalue weighted by molar-refractivity contribution is -0.131. The average molecular weight is 423 g/mol. The van der Waals surface area contributed by atoms with Gasteiger partial charge in [-0.25, -0.2) is 0 Å². The predicted molar refractivity (Wildman–Crippen MR) is 120 cm³/mol. The molecule has 2 aliphatic rings. The molecule has 0 radical (unpaired) electrons. The minimum atomic E-state index is -0.629. The molecule has 0 aliphatic carbocycles. The maximum absolute atomic E-state index is 13.7. The van der Waals surface area contributed by atoms with E-state index in [1.165, 1.54) is 0 Å². The highest BCUT2D eigenvalue weighted by molar-refractivity contribution is 5.98. The Morgan fingerprint density at radius 1 is 1.13 bits per heavy atom. The summed E-state index contributed by atoms with van der Waals surface area (Å²) in [7, 11) is 1.59. The number of carbonyl (C=O) groups is 2. The van der Waals surface area contributed by atoms with Crippen molar-refractivity contribution < 1.29 is 19.1 Å². The van der Waals surface area contributed by atoms with Crippen molar-refractivity contribution in [2.45, 2.75) is 44.6 Å². The summed E-state index contributed by atoms with van der Waals surface area (Å²) in [4.78, 5) is 28.1. The van der Waals surface area contributed by atoms with Gasteiger partial charge >= 0.3 is 0 Å². The first kappa shape index (κ1) is 21.4. The number of rotatable bonds is 5. The van der Waals surface area contributed by atoms with Crippen LogP contribution in [0.1, 0.15) is 36.0 Å². The van der Waals surface area contributed by atoms with E-state index >= 15 is 0 Å². The molecular weight excluding hydrogens is 392 g/mol. The van der Waals surface area contributed by atoms with E-state index in [1.807, 2.05) is 24.3 Å². The number of hydrogen-bond donors (Lipinski definition) is 1. The molecule has 0 unspecified atom stereocenters. The molecular formula is C25H30N2O4. The molecule has 1 N–H and O–H groups in total. The van der Waals surface area contributed by atoms with Crippen molar-refractivity contribution in [3.05, 3.63) is 59.2 Å². The minimum Gasteiger partial charge on any atom is -0.495 e. The van der Waals surface area contributed by atoms with E-state index in [-0.39, 0.29) is 24.3 Å². The van der Waals surface area contributed by atoms with Crippen LogP contribution in [0.5, 0.6) is 5.75 Å². The number of nitrogens with zero attached hydrogens (tertiary/aromatic N) is 1. The molecule has 1 atom stereocenters. The van der Waals surface area contributed by atoms with Crippen molar-refractivity contribution in [2.24, 2.45) is 0 Å². The van der Waals surface area contributed by atoms with E-state index in [0.29, 0.717) is 38.3 Å². The number of anilines is 1. The maximum Gasteiger partial charge on any atom is 0.231 e. The second-order valence-corrected chi connectivity index (χ2v) is 8.62. The Morgan fingerprint density at radius 3 is 2.48 bits per heavy atom. The quantitative estimate of drug-likeness (QED) is 0.803. The lowest BCUT2D eigenvalue weighted by atomic mass is 9.72. The number of amides is 2. The number of carbonyl (C=O) groups excluding carboxylic acids is 2. The molecule has 0 spiro atoms. The highest BCUT2D eigenvalue weighted by atomic mass is 16.5. The third-order valence-electron chi connectivity index (χ3n) is 6.39. The van der Waals surface area contributed by atoms with Gasteiger partial charge in [0.15, 0.2) is 0 Å². The lowest BCUT2D eigenvalue weighted by Crippen LogP contribution is -2.51. The van der Waals surface area contributed by atoms with Gasteiger partial charge in [0.2, 0.25) is 11.8 Å². The van der Waals surface area contributed by atoms with Crippen molar-refractivity contribution in [3.63, 3.8) is 0 Å². The van der Waals surface area contributed by atoms with E-state index in [4.69, 9.17) is 9.47 Å². The number of methoxy groups -OCH3 is 1. The van der Waals surface area contributed by atoms with Gasteiger partial charge in [-0.1, -0.05) is 41.5 Å². The van der Waals surface area contributed by atoms with Gasteiger partial charge < -0.3 is 19.7 Å². The molecule has 2 aromatic carbocycles. The van der Waals surface area contributed by atoms with Crippen LogP contribution in [0.2, 0.25) is 0 Å². The summed E-state index contributed by atoms with van der Waals surface area (Å²) < 4.78 is 11.0. The second-order valence-electron chi connectivity index (χ2n) is 8.62. The standard InChI is InChI=1S/C25H30N2O4/c1-17-12-18(2)14-19(13-17)25(8-10-31-11-9-25)24(29)26-20-15-23(28)27(16-20)21-6-4-5-7-22(21)30-3/h4-7,12-14,20H,8-11,15-16H2,1-3H3,(H,26,29)/t20-/m1/s1. The first-order valence-electron chi connectivity index (χ1n) is 10.8. The predicted octanol–water partition coefficient (Wildman–Crippen LogP) is 3.28. The zero-order valence-corrected chi connectivity index (χ0v) is 18.4. The van der Waals surface area contributed by atoms with Gasteiger partial charge in [-0.15, -0.1) is 0 Å². The lowest BCUT2D eigenvalue weighted by Gasteiger charge is -2.37. The summed E-state index contributed by atoms with van der Waals surface area (Å²) in [6, 6.07) is 13.6. The van der Waals surface area contributed by atoms with Crippen molar-refractivity contribution in [1.29, 1.82) is 0 Å². The Balaban J connectivity index is 1.56. The second kappa shape index (κ2) is 8.71. The van der Waals surface area contributed by atoms with Crippen molar-refractivity contribution in [2.75, 3.05) is 31.8 Å². The van der Waals surface area contributed by atoms with E-state index in [9.17, 15) is 9.59 Å². The largest absolute Gasteiger partial charge is 0.495 e.